The van der Waals surface area contributed by atoms with Gasteiger partial charge >= 0.3 is 0 Å². The van der Waals surface area contributed by atoms with Crippen molar-refractivity contribution in [2.24, 2.45) is 5.41 Å². The SMILES string of the molecule is CC(C)(C)C1COCCOCCOCCOCCOCCO1. The first-order valence-corrected chi connectivity index (χ1v) is 8.11. The average molecular weight is 320 g/mol. The summed E-state index contributed by atoms with van der Waals surface area (Å²) in [6.07, 6.45) is 0.0366. The summed E-state index contributed by atoms with van der Waals surface area (Å²) >= 11 is 0. The van der Waals surface area contributed by atoms with Gasteiger partial charge in [-0.3, -0.25) is 0 Å². The van der Waals surface area contributed by atoms with E-state index in [1.807, 2.05) is 0 Å². The third-order valence-electron chi connectivity index (χ3n) is 3.27. The van der Waals surface area contributed by atoms with Crippen LogP contribution in [0.1, 0.15) is 20.8 Å². The van der Waals surface area contributed by atoms with Gasteiger partial charge < -0.3 is 28.4 Å². The number of ether oxygens (including phenoxy) is 6. The van der Waals surface area contributed by atoms with Crippen molar-refractivity contribution in [3.8, 4) is 0 Å². The third kappa shape index (κ3) is 10.5. The topological polar surface area (TPSA) is 55.4 Å². The highest BCUT2D eigenvalue weighted by molar-refractivity contribution is 4.74. The van der Waals surface area contributed by atoms with E-state index in [9.17, 15) is 0 Å². The Hall–Kier alpha value is -0.240. The zero-order valence-electron chi connectivity index (χ0n) is 14.3. The van der Waals surface area contributed by atoms with Gasteiger partial charge in [-0.15, -0.1) is 0 Å². The van der Waals surface area contributed by atoms with Gasteiger partial charge in [0.1, 0.15) is 0 Å². The molecule has 132 valence electrons. The Kier molecular flexibility index (Phi) is 11.0. The Labute approximate surface area is 134 Å². The Morgan fingerprint density at radius 1 is 0.545 bits per heavy atom. The maximum absolute atomic E-state index is 5.90. The minimum atomic E-state index is 0.0264. The fraction of sp³-hybridized carbons (Fsp3) is 1.00. The lowest BCUT2D eigenvalue weighted by Gasteiger charge is -2.30. The number of rotatable bonds is 0. The molecule has 22 heavy (non-hydrogen) atoms. The second-order valence-corrected chi connectivity index (χ2v) is 6.25. The highest BCUT2D eigenvalue weighted by atomic mass is 16.6. The molecule has 0 radical (unpaired) electrons. The Bertz CT molecular complexity index is 236. The standard InChI is InChI=1S/C16H32O6/c1-16(2,3)15-14-21-11-10-19-7-6-17-4-5-18-8-9-20-12-13-22-15/h15H,4-14H2,1-3H3. The van der Waals surface area contributed by atoms with Gasteiger partial charge in [-0.1, -0.05) is 20.8 Å². The van der Waals surface area contributed by atoms with Crippen LogP contribution in [0, 0.1) is 5.41 Å². The molecule has 0 amide bonds. The normalized spacial score (nSPS) is 26.0. The second-order valence-electron chi connectivity index (χ2n) is 6.25. The average Bonchev–Trinajstić information content (AvgIpc) is 2.46. The Morgan fingerprint density at radius 3 is 1.32 bits per heavy atom. The fourth-order valence-corrected chi connectivity index (χ4v) is 1.87. The first-order valence-electron chi connectivity index (χ1n) is 8.11. The minimum Gasteiger partial charge on any atom is -0.377 e. The molecule has 0 spiro atoms. The van der Waals surface area contributed by atoms with Gasteiger partial charge in [-0.25, -0.2) is 0 Å². The summed E-state index contributed by atoms with van der Waals surface area (Å²) in [7, 11) is 0. The molecule has 1 aliphatic heterocycles. The molecule has 0 aliphatic carbocycles. The summed E-state index contributed by atoms with van der Waals surface area (Å²) in [5.41, 5.74) is 0.0264. The van der Waals surface area contributed by atoms with Crippen LogP contribution in [0.15, 0.2) is 0 Å². The summed E-state index contributed by atoms with van der Waals surface area (Å²) in [4.78, 5) is 0. The quantitative estimate of drug-likeness (QED) is 0.674. The maximum atomic E-state index is 5.90. The summed E-state index contributed by atoms with van der Waals surface area (Å²) in [5.74, 6) is 0. The number of hydrogen-bond acceptors (Lipinski definition) is 6. The summed E-state index contributed by atoms with van der Waals surface area (Å²) in [6.45, 7) is 12.7. The van der Waals surface area contributed by atoms with Crippen molar-refractivity contribution in [1.29, 1.82) is 0 Å². The predicted molar refractivity (Wildman–Crippen MR) is 83.3 cm³/mol. The van der Waals surface area contributed by atoms with Crippen molar-refractivity contribution >= 4 is 0 Å². The molecule has 0 saturated carbocycles. The van der Waals surface area contributed by atoms with Gasteiger partial charge in [0.05, 0.1) is 78.8 Å². The van der Waals surface area contributed by atoms with E-state index in [4.69, 9.17) is 28.4 Å². The summed E-state index contributed by atoms with van der Waals surface area (Å²) in [6, 6.07) is 0. The van der Waals surface area contributed by atoms with E-state index < -0.39 is 0 Å². The molecule has 1 rings (SSSR count). The van der Waals surface area contributed by atoms with E-state index in [-0.39, 0.29) is 11.5 Å². The molecule has 1 fully saturated rings. The van der Waals surface area contributed by atoms with Crippen molar-refractivity contribution in [3.05, 3.63) is 0 Å². The molecule has 0 aromatic carbocycles. The molecule has 6 nitrogen and oxygen atoms in total. The zero-order chi connectivity index (χ0) is 16.1. The molecule has 1 unspecified atom stereocenters. The van der Waals surface area contributed by atoms with Crippen LogP contribution in [0.3, 0.4) is 0 Å². The lowest BCUT2D eigenvalue weighted by molar-refractivity contribution is -0.0936. The molecule has 0 bridgehead atoms. The van der Waals surface area contributed by atoms with Crippen molar-refractivity contribution in [1.82, 2.24) is 0 Å². The highest BCUT2D eigenvalue weighted by Gasteiger charge is 2.25. The van der Waals surface area contributed by atoms with Crippen LogP contribution in [-0.2, 0) is 28.4 Å². The summed E-state index contributed by atoms with van der Waals surface area (Å²) in [5, 5.41) is 0. The summed E-state index contributed by atoms with van der Waals surface area (Å²) < 4.78 is 33.3. The van der Waals surface area contributed by atoms with E-state index >= 15 is 0 Å². The van der Waals surface area contributed by atoms with Crippen LogP contribution in [0.2, 0.25) is 0 Å². The largest absolute Gasteiger partial charge is 0.377 e. The first kappa shape index (κ1) is 19.8. The van der Waals surface area contributed by atoms with Crippen molar-refractivity contribution in [2.75, 3.05) is 72.7 Å². The molecule has 0 aromatic heterocycles. The van der Waals surface area contributed by atoms with E-state index in [0.717, 1.165) is 0 Å². The molecular formula is C16H32O6. The first-order chi connectivity index (χ1) is 10.6. The zero-order valence-corrected chi connectivity index (χ0v) is 14.3. The molecule has 1 atom stereocenters. The molecule has 1 saturated heterocycles. The second kappa shape index (κ2) is 12.2. The lowest BCUT2D eigenvalue weighted by atomic mass is 9.89. The van der Waals surface area contributed by atoms with Crippen molar-refractivity contribution < 1.29 is 28.4 Å². The number of hydrogen-bond donors (Lipinski definition) is 0. The van der Waals surface area contributed by atoms with Crippen LogP contribution < -0.4 is 0 Å². The van der Waals surface area contributed by atoms with Crippen molar-refractivity contribution in [2.45, 2.75) is 26.9 Å². The monoisotopic (exact) mass is 320 g/mol. The Balaban J connectivity index is 2.30. The Morgan fingerprint density at radius 2 is 0.909 bits per heavy atom. The van der Waals surface area contributed by atoms with E-state index in [2.05, 4.69) is 20.8 Å². The van der Waals surface area contributed by atoms with Gasteiger partial charge in [-0.2, -0.15) is 0 Å². The third-order valence-corrected chi connectivity index (χ3v) is 3.27. The van der Waals surface area contributed by atoms with Crippen molar-refractivity contribution in [3.63, 3.8) is 0 Å². The van der Waals surface area contributed by atoms with Crippen LogP contribution in [0.5, 0.6) is 0 Å². The fourth-order valence-electron chi connectivity index (χ4n) is 1.87. The van der Waals surface area contributed by atoms with E-state index in [0.29, 0.717) is 72.7 Å². The molecular weight excluding hydrogens is 288 g/mol. The van der Waals surface area contributed by atoms with Gasteiger partial charge in [0, 0.05) is 0 Å². The predicted octanol–water partition coefficient (Wildman–Crippen LogP) is 1.51. The molecule has 0 N–H and O–H groups in total. The smallest absolute Gasteiger partial charge is 0.0857 e. The van der Waals surface area contributed by atoms with E-state index in [1.54, 1.807) is 0 Å². The minimum absolute atomic E-state index is 0.0264. The molecule has 6 heteroatoms. The lowest BCUT2D eigenvalue weighted by Crippen LogP contribution is -2.35. The van der Waals surface area contributed by atoms with Gasteiger partial charge in [0.2, 0.25) is 0 Å². The van der Waals surface area contributed by atoms with Gasteiger partial charge in [-0.05, 0) is 5.41 Å². The highest BCUT2D eigenvalue weighted by Crippen LogP contribution is 2.22. The van der Waals surface area contributed by atoms with Crippen LogP contribution in [0.25, 0.3) is 0 Å². The van der Waals surface area contributed by atoms with Crippen LogP contribution >= 0.6 is 0 Å². The van der Waals surface area contributed by atoms with Gasteiger partial charge in [0.15, 0.2) is 0 Å². The van der Waals surface area contributed by atoms with Crippen LogP contribution in [-0.4, -0.2) is 78.8 Å². The molecule has 1 aliphatic rings. The van der Waals surface area contributed by atoms with Gasteiger partial charge in [0.25, 0.3) is 0 Å². The molecule has 1 heterocycles. The van der Waals surface area contributed by atoms with E-state index in [1.165, 1.54) is 0 Å². The molecule has 0 aromatic rings. The van der Waals surface area contributed by atoms with Crippen LogP contribution in [0.4, 0.5) is 0 Å². The maximum Gasteiger partial charge on any atom is 0.0857 e.